The number of carbonyl (C=O) groups is 1. The molecule has 1 aliphatic heterocycles. The molecule has 0 N–H and O–H groups in total. The molecule has 0 aromatic carbocycles. The van der Waals surface area contributed by atoms with Crippen LogP contribution in [0.4, 0.5) is 8.78 Å². The number of hydrogen-bond donors (Lipinski definition) is 0. The van der Waals surface area contributed by atoms with Crippen molar-refractivity contribution in [3.8, 4) is 0 Å². The molecule has 0 radical (unpaired) electrons. The number of rotatable bonds is 3. The second-order valence-corrected chi connectivity index (χ2v) is 6.08. The Balaban J connectivity index is 1.76. The summed E-state index contributed by atoms with van der Waals surface area (Å²) in [6.45, 7) is 3.21. The number of piperazine rings is 1. The van der Waals surface area contributed by atoms with E-state index in [0.29, 0.717) is 18.3 Å². The van der Waals surface area contributed by atoms with Crippen LogP contribution in [0, 0.1) is 6.92 Å². The van der Waals surface area contributed by atoms with Crippen molar-refractivity contribution in [1.82, 2.24) is 14.4 Å². The first-order chi connectivity index (χ1) is 9.99. The van der Waals surface area contributed by atoms with Gasteiger partial charge in [-0.1, -0.05) is 0 Å². The van der Waals surface area contributed by atoms with Gasteiger partial charge in [0.1, 0.15) is 5.69 Å². The molecule has 1 amide bonds. The first-order valence-corrected chi connectivity index (χ1v) is 7.50. The number of amides is 1. The molecule has 2 heterocycles. The minimum absolute atomic E-state index is 0.0631. The highest BCUT2D eigenvalue weighted by molar-refractivity contribution is 5.93. The van der Waals surface area contributed by atoms with Crippen molar-refractivity contribution in [3.05, 3.63) is 23.5 Å². The molecule has 4 nitrogen and oxygen atoms in total. The lowest BCUT2D eigenvalue weighted by Gasteiger charge is -2.40. The van der Waals surface area contributed by atoms with Crippen LogP contribution in [0.2, 0.25) is 0 Å². The zero-order valence-electron chi connectivity index (χ0n) is 12.4. The third kappa shape index (κ3) is 2.69. The quantitative estimate of drug-likeness (QED) is 0.857. The van der Waals surface area contributed by atoms with E-state index >= 15 is 0 Å². The van der Waals surface area contributed by atoms with E-state index < -0.39 is 6.55 Å². The Morgan fingerprint density at radius 2 is 2.00 bits per heavy atom. The van der Waals surface area contributed by atoms with Crippen LogP contribution in [-0.4, -0.2) is 52.0 Å². The maximum Gasteiger partial charge on any atom is 0.319 e. The predicted octanol–water partition coefficient (Wildman–Crippen LogP) is 2.50. The van der Waals surface area contributed by atoms with Gasteiger partial charge in [0, 0.05) is 37.4 Å². The number of aryl methyl sites for hydroxylation is 1. The van der Waals surface area contributed by atoms with Crippen LogP contribution < -0.4 is 0 Å². The van der Waals surface area contributed by atoms with Crippen LogP contribution in [0.3, 0.4) is 0 Å². The normalized spacial score (nSPS) is 23.9. The third-order valence-electron chi connectivity index (χ3n) is 4.52. The molecule has 3 rings (SSSR count). The van der Waals surface area contributed by atoms with Gasteiger partial charge in [0.2, 0.25) is 0 Å². The van der Waals surface area contributed by atoms with Crippen LogP contribution in [0.5, 0.6) is 0 Å². The minimum Gasteiger partial charge on any atom is -0.332 e. The van der Waals surface area contributed by atoms with Crippen molar-refractivity contribution in [2.45, 2.75) is 45.3 Å². The smallest absolute Gasteiger partial charge is 0.319 e. The summed E-state index contributed by atoms with van der Waals surface area (Å²) in [5.74, 6) is -0.286. The van der Waals surface area contributed by atoms with E-state index in [2.05, 4.69) is 4.90 Å². The highest BCUT2D eigenvalue weighted by Gasteiger charge is 2.36. The Bertz CT molecular complexity index is 539. The monoisotopic (exact) mass is 297 g/mol. The average molecular weight is 297 g/mol. The first-order valence-electron chi connectivity index (χ1n) is 7.50. The number of hydrogen-bond acceptors (Lipinski definition) is 2. The highest BCUT2D eigenvalue weighted by atomic mass is 19.3. The van der Waals surface area contributed by atoms with E-state index in [-0.39, 0.29) is 17.6 Å². The van der Waals surface area contributed by atoms with E-state index in [1.54, 1.807) is 17.9 Å². The molecule has 1 atom stereocenters. The maximum absolute atomic E-state index is 13.1. The van der Waals surface area contributed by atoms with E-state index in [1.807, 2.05) is 6.92 Å². The molecule has 2 fully saturated rings. The van der Waals surface area contributed by atoms with Gasteiger partial charge in [0.05, 0.1) is 0 Å². The minimum atomic E-state index is -2.68. The zero-order valence-corrected chi connectivity index (χ0v) is 12.4. The zero-order chi connectivity index (χ0) is 15.1. The highest BCUT2D eigenvalue weighted by Crippen LogP contribution is 2.29. The molecular weight excluding hydrogens is 276 g/mol. The Labute approximate surface area is 123 Å². The van der Waals surface area contributed by atoms with Crippen LogP contribution in [0.25, 0.3) is 0 Å². The number of aromatic nitrogens is 1. The van der Waals surface area contributed by atoms with Gasteiger partial charge in [0.25, 0.3) is 5.91 Å². The maximum atomic E-state index is 13.1. The summed E-state index contributed by atoms with van der Waals surface area (Å²) >= 11 is 0. The standard InChI is InChI=1S/C15H21F2N3O/c1-10-3-6-13(20(10)15(16)17)14(21)19-8-7-18(9-11(19)2)12-4-5-12/h3,6,11-12,15H,4-5,7-9H2,1-2H3. The summed E-state index contributed by atoms with van der Waals surface area (Å²) in [6, 6.07) is 3.82. The van der Waals surface area contributed by atoms with Gasteiger partial charge in [-0.2, -0.15) is 8.78 Å². The molecule has 0 bridgehead atoms. The summed E-state index contributed by atoms with van der Waals surface area (Å²) in [5, 5.41) is 0. The van der Waals surface area contributed by atoms with Crippen molar-refractivity contribution in [2.24, 2.45) is 0 Å². The molecule has 2 aliphatic rings. The van der Waals surface area contributed by atoms with Gasteiger partial charge in [-0.05, 0) is 38.8 Å². The topological polar surface area (TPSA) is 28.5 Å². The second kappa shape index (κ2) is 5.40. The fourth-order valence-corrected chi connectivity index (χ4v) is 3.19. The lowest BCUT2D eigenvalue weighted by Crippen LogP contribution is -2.54. The molecule has 1 unspecified atom stereocenters. The second-order valence-electron chi connectivity index (χ2n) is 6.08. The van der Waals surface area contributed by atoms with E-state index in [9.17, 15) is 13.6 Å². The van der Waals surface area contributed by atoms with Crippen molar-refractivity contribution in [1.29, 1.82) is 0 Å². The summed E-state index contributed by atoms with van der Waals surface area (Å²) in [5.41, 5.74) is 0.506. The van der Waals surface area contributed by atoms with Crippen molar-refractivity contribution >= 4 is 5.91 Å². The van der Waals surface area contributed by atoms with Crippen LogP contribution in [0.1, 0.15) is 42.5 Å². The lowest BCUT2D eigenvalue weighted by atomic mass is 10.1. The Morgan fingerprint density at radius 3 is 2.57 bits per heavy atom. The summed E-state index contributed by atoms with van der Waals surface area (Å²) in [4.78, 5) is 16.7. The van der Waals surface area contributed by atoms with Crippen molar-refractivity contribution < 1.29 is 13.6 Å². The van der Waals surface area contributed by atoms with Gasteiger partial charge in [-0.25, -0.2) is 0 Å². The van der Waals surface area contributed by atoms with Gasteiger partial charge < -0.3 is 4.90 Å². The molecule has 1 aliphatic carbocycles. The first kappa shape index (κ1) is 14.5. The Kier molecular flexibility index (Phi) is 3.73. The van der Waals surface area contributed by atoms with Gasteiger partial charge in [-0.3, -0.25) is 14.3 Å². The van der Waals surface area contributed by atoms with Crippen LogP contribution in [-0.2, 0) is 0 Å². The molecule has 21 heavy (non-hydrogen) atoms. The largest absolute Gasteiger partial charge is 0.332 e. The van der Waals surface area contributed by atoms with E-state index in [1.165, 1.54) is 18.9 Å². The summed E-state index contributed by atoms with van der Waals surface area (Å²) in [6.07, 6.45) is 2.49. The molecule has 0 spiro atoms. The number of alkyl halides is 2. The molecule has 1 aromatic heterocycles. The molecule has 1 aromatic rings. The fraction of sp³-hybridized carbons (Fsp3) is 0.667. The van der Waals surface area contributed by atoms with E-state index in [4.69, 9.17) is 0 Å². The average Bonchev–Trinajstić information content (AvgIpc) is 3.20. The molecule has 1 saturated heterocycles. The van der Waals surface area contributed by atoms with Crippen LogP contribution >= 0.6 is 0 Å². The van der Waals surface area contributed by atoms with Crippen molar-refractivity contribution in [3.63, 3.8) is 0 Å². The molecule has 6 heteroatoms. The predicted molar refractivity (Wildman–Crippen MR) is 75.5 cm³/mol. The number of halogens is 2. The molecular formula is C15H21F2N3O. The van der Waals surface area contributed by atoms with Crippen molar-refractivity contribution in [2.75, 3.05) is 19.6 Å². The summed E-state index contributed by atoms with van der Waals surface area (Å²) < 4.78 is 27.0. The fourth-order valence-electron chi connectivity index (χ4n) is 3.19. The van der Waals surface area contributed by atoms with Gasteiger partial charge in [-0.15, -0.1) is 0 Å². The van der Waals surface area contributed by atoms with Gasteiger partial charge >= 0.3 is 6.55 Å². The molecule has 1 saturated carbocycles. The van der Waals surface area contributed by atoms with E-state index in [0.717, 1.165) is 17.7 Å². The third-order valence-corrected chi connectivity index (χ3v) is 4.52. The number of carbonyl (C=O) groups excluding carboxylic acids is 1. The SMILES string of the molecule is Cc1ccc(C(=O)N2CCN(C3CC3)CC2C)n1C(F)F. The lowest BCUT2D eigenvalue weighted by molar-refractivity contribution is 0.0386. The van der Waals surface area contributed by atoms with Gasteiger partial charge in [0.15, 0.2) is 0 Å². The number of nitrogens with zero attached hydrogens (tertiary/aromatic N) is 3. The molecule has 116 valence electrons. The Hall–Kier alpha value is -1.43. The Morgan fingerprint density at radius 1 is 1.29 bits per heavy atom. The summed E-state index contributed by atoms with van der Waals surface area (Å²) in [7, 11) is 0. The van der Waals surface area contributed by atoms with Crippen LogP contribution in [0.15, 0.2) is 12.1 Å².